The lowest BCUT2D eigenvalue weighted by atomic mass is 10.0. The molecule has 0 spiro atoms. The first kappa shape index (κ1) is 54.9. The Morgan fingerprint density at radius 2 is 1.02 bits per heavy atom. The van der Waals surface area contributed by atoms with Gasteiger partial charge < -0.3 is 29.7 Å². The van der Waals surface area contributed by atoms with Crippen LogP contribution in [0.2, 0.25) is 0 Å². The summed E-state index contributed by atoms with van der Waals surface area (Å²) in [4.78, 5) is 35.0. The first-order valence-electron chi connectivity index (χ1n) is 22.0. The van der Waals surface area contributed by atoms with Crippen molar-refractivity contribution in [2.75, 3.05) is 26.4 Å². The van der Waals surface area contributed by atoms with E-state index in [-0.39, 0.29) is 25.6 Å². The van der Waals surface area contributed by atoms with Crippen molar-refractivity contribution in [2.45, 2.75) is 193 Å². The molecule has 0 aromatic heterocycles. The van der Waals surface area contributed by atoms with Crippen molar-refractivity contribution >= 4 is 19.8 Å². The number of rotatable bonds is 40. The van der Waals surface area contributed by atoms with Gasteiger partial charge in [-0.1, -0.05) is 146 Å². The summed E-state index contributed by atoms with van der Waals surface area (Å²) >= 11 is 0. The van der Waals surface area contributed by atoms with E-state index < -0.39 is 51.8 Å². The first-order valence-corrected chi connectivity index (χ1v) is 23.5. The fraction of sp³-hybridized carbons (Fsp3) is 0.778. The molecule has 0 aromatic rings. The van der Waals surface area contributed by atoms with Crippen molar-refractivity contribution in [1.82, 2.24) is 0 Å². The third-order valence-electron chi connectivity index (χ3n) is 9.18. The number of esters is 2. The molecule has 0 aliphatic carbocycles. The molecule has 4 N–H and O–H groups in total. The zero-order valence-electron chi connectivity index (χ0n) is 35.8. The molecule has 0 aliphatic heterocycles. The molecule has 332 valence electrons. The molecule has 0 aromatic carbocycles. The monoisotopic (exact) mass is 829 g/mol. The molecule has 11 nitrogen and oxygen atoms in total. The molecule has 0 bridgehead atoms. The van der Waals surface area contributed by atoms with E-state index in [0.29, 0.717) is 19.3 Å². The number of carbonyl (C=O) groups is 2. The summed E-state index contributed by atoms with van der Waals surface area (Å²) in [5, 5.41) is 27.6. The number of hydrogen-bond donors (Lipinski definition) is 4. The van der Waals surface area contributed by atoms with Crippen LogP contribution in [0, 0.1) is 5.92 Å². The van der Waals surface area contributed by atoms with E-state index in [4.69, 9.17) is 19.1 Å². The van der Waals surface area contributed by atoms with Crippen LogP contribution < -0.4 is 0 Å². The van der Waals surface area contributed by atoms with Crippen molar-refractivity contribution in [3.63, 3.8) is 0 Å². The smallest absolute Gasteiger partial charge is 0.462 e. The fourth-order valence-corrected chi connectivity index (χ4v) is 6.57. The summed E-state index contributed by atoms with van der Waals surface area (Å²) in [6, 6.07) is 0. The Morgan fingerprint density at radius 3 is 1.53 bits per heavy atom. The van der Waals surface area contributed by atoms with Gasteiger partial charge in [0.2, 0.25) is 0 Å². The molecule has 12 heteroatoms. The van der Waals surface area contributed by atoms with E-state index in [9.17, 15) is 29.3 Å². The molecular weight excluding hydrogens is 747 g/mol. The highest BCUT2D eigenvalue weighted by molar-refractivity contribution is 7.47. The van der Waals surface area contributed by atoms with E-state index in [0.717, 1.165) is 63.7 Å². The summed E-state index contributed by atoms with van der Waals surface area (Å²) in [5.74, 6) is -0.194. The average Bonchev–Trinajstić information content (AvgIpc) is 3.17. The Hall–Kier alpha value is -2.11. The van der Waals surface area contributed by atoms with Crippen LogP contribution >= 0.6 is 7.82 Å². The quantitative estimate of drug-likeness (QED) is 0.0201. The third kappa shape index (κ3) is 41.8. The molecule has 4 atom stereocenters. The number of aliphatic hydroxyl groups excluding tert-OH is 3. The van der Waals surface area contributed by atoms with Gasteiger partial charge in [0.15, 0.2) is 6.10 Å². The predicted molar refractivity (Wildman–Crippen MR) is 230 cm³/mol. The van der Waals surface area contributed by atoms with Crippen molar-refractivity contribution in [2.24, 2.45) is 5.92 Å². The maximum atomic E-state index is 12.6. The van der Waals surface area contributed by atoms with Crippen LogP contribution in [-0.4, -0.2) is 76.9 Å². The topological polar surface area (TPSA) is 169 Å². The minimum Gasteiger partial charge on any atom is -0.462 e. The van der Waals surface area contributed by atoms with Gasteiger partial charge in [-0.2, -0.15) is 0 Å². The molecule has 0 heterocycles. The van der Waals surface area contributed by atoms with E-state index >= 15 is 0 Å². The minimum atomic E-state index is -4.64. The summed E-state index contributed by atoms with van der Waals surface area (Å²) in [6.07, 6.45) is 37.9. The summed E-state index contributed by atoms with van der Waals surface area (Å²) < 4.78 is 32.6. The van der Waals surface area contributed by atoms with Crippen LogP contribution in [0.15, 0.2) is 48.6 Å². The van der Waals surface area contributed by atoms with Crippen LogP contribution in [0.4, 0.5) is 0 Å². The van der Waals surface area contributed by atoms with E-state index in [2.05, 4.69) is 54.8 Å². The lowest BCUT2D eigenvalue weighted by Crippen LogP contribution is -2.29. The van der Waals surface area contributed by atoms with Crippen molar-refractivity contribution in [3.8, 4) is 0 Å². The molecule has 1 unspecified atom stereocenters. The van der Waals surface area contributed by atoms with Gasteiger partial charge in [-0.3, -0.25) is 18.6 Å². The van der Waals surface area contributed by atoms with Crippen molar-refractivity contribution < 1.29 is 52.9 Å². The zero-order valence-corrected chi connectivity index (χ0v) is 36.7. The Labute approximate surface area is 346 Å². The number of hydrogen-bond acceptors (Lipinski definition) is 10. The molecule has 0 amide bonds. The number of ether oxygens (including phenoxy) is 2. The second-order valence-corrected chi connectivity index (χ2v) is 16.9. The third-order valence-corrected chi connectivity index (χ3v) is 10.1. The van der Waals surface area contributed by atoms with Crippen LogP contribution in [0.3, 0.4) is 0 Å². The number of phosphoric acid groups is 1. The number of carbonyl (C=O) groups excluding carboxylic acids is 2. The van der Waals surface area contributed by atoms with Crippen LogP contribution in [0.1, 0.15) is 175 Å². The molecule has 0 rings (SSSR count). The van der Waals surface area contributed by atoms with Gasteiger partial charge in [-0.05, 0) is 70.6 Å². The highest BCUT2D eigenvalue weighted by Crippen LogP contribution is 2.43. The predicted octanol–water partition coefficient (Wildman–Crippen LogP) is 10.6. The number of unbranched alkanes of at least 4 members (excludes halogenated alkanes) is 14. The van der Waals surface area contributed by atoms with Gasteiger partial charge in [-0.25, -0.2) is 4.57 Å². The van der Waals surface area contributed by atoms with Gasteiger partial charge in [-0.15, -0.1) is 0 Å². The lowest BCUT2D eigenvalue weighted by Gasteiger charge is -2.20. The standard InChI is InChI=1S/C45H81O11P/c1-40(2)32-28-24-20-16-12-8-7-11-14-18-22-26-30-34-44(49)53-38-43(39-55-57(51,52)54-37-42(48)36-46)56-45(50)35-31-27-23-19-15-10-6-4-5-9-13-17-21-25-29-33-41(3)47/h5-6,9-10,17,19,21,23,40-43,46-48H,4,7-8,11-16,18,20,22,24-39H2,1-3H3,(H,51,52)/b9-5-,10-6-,21-17-,23-19-/t41-,42-,43+/m0/s1. The normalized spacial score (nSPS) is 14.9. The zero-order chi connectivity index (χ0) is 42.2. The highest BCUT2D eigenvalue weighted by Gasteiger charge is 2.27. The lowest BCUT2D eigenvalue weighted by molar-refractivity contribution is -0.161. The fourth-order valence-electron chi connectivity index (χ4n) is 5.78. The molecular formula is C45H81O11P. The number of allylic oxidation sites excluding steroid dienone is 8. The van der Waals surface area contributed by atoms with E-state index in [1.54, 1.807) is 0 Å². The maximum absolute atomic E-state index is 12.6. The molecule has 0 aliphatic rings. The van der Waals surface area contributed by atoms with E-state index in [1.807, 2.05) is 19.1 Å². The van der Waals surface area contributed by atoms with Gasteiger partial charge in [0.05, 0.1) is 25.9 Å². The Kier molecular flexibility index (Phi) is 37.9. The van der Waals surface area contributed by atoms with Gasteiger partial charge in [0.25, 0.3) is 0 Å². The van der Waals surface area contributed by atoms with Gasteiger partial charge in [0.1, 0.15) is 12.7 Å². The second-order valence-electron chi connectivity index (χ2n) is 15.5. The Morgan fingerprint density at radius 1 is 0.561 bits per heavy atom. The first-order chi connectivity index (χ1) is 27.4. The summed E-state index contributed by atoms with van der Waals surface area (Å²) in [5.41, 5.74) is 0. The highest BCUT2D eigenvalue weighted by atomic mass is 31.2. The maximum Gasteiger partial charge on any atom is 0.472 e. The molecule has 0 saturated carbocycles. The SMILES string of the molecule is CC(C)CCCCCCCCCCCCCCCC(=O)OC[C@H](COP(=O)(O)OC[C@@H](O)CO)OC(=O)CCC/C=C\C/C=C\C/C=C\C/C=C\CCC[C@H](C)O. The van der Waals surface area contributed by atoms with Gasteiger partial charge >= 0.3 is 19.8 Å². The van der Waals surface area contributed by atoms with Crippen LogP contribution in [0.5, 0.6) is 0 Å². The number of phosphoric ester groups is 1. The van der Waals surface area contributed by atoms with Crippen molar-refractivity contribution in [1.29, 1.82) is 0 Å². The molecule has 0 saturated heterocycles. The summed E-state index contributed by atoms with van der Waals surface area (Å²) in [6.45, 7) is 4.19. The van der Waals surface area contributed by atoms with Gasteiger partial charge in [0, 0.05) is 12.8 Å². The largest absolute Gasteiger partial charge is 0.472 e. The van der Waals surface area contributed by atoms with Crippen LogP contribution in [-0.2, 0) is 32.7 Å². The Balaban J connectivity index is 4.38. The number of aliphatic hydroxyl groups is 3. The Bertz CT molecular complexity index is 1120. The van der Waals surface area contributed by atoms with E-state index in [1.165, 1.54) is 64.2 Å². The van der Waals surface area contributed by atoms with Crippen molar-refractivity contribution in [3.05, 3.63) is 48.6 Å². The van der Waals surface area contributed by atoms with Crippen LogP contribution in [0.25, 0.3) is 0 Å². The summed E-state index contributed by atoms with van der Waals surface area (Å²) in [7, 11) is -4.64. The average molecular weight is 829 g/mol. The molecule has 0 fully saturated rings. The minimum absolute atomic E-state index is 0.0962. The molecule has 0 radical (unpaired) electrons. The molecule has 57 heavy (non-hydrogen) atoms. The second kappa shape index (κ2) is 39.4.